The van der Waals surface area contributed by atoms with Gasteiger partial charge >= 0.3 is 6.18 Å². The Balaban J connectivity index is 2.16. The van der Waals surface area contributed by atoms with Gasteiger partial charge in [-0.05, 0) is 25.1 Å². The van der Waals surface area contributed by atoms with Gasteiger partial charge in [-0.3, -0.25) is 0 Å². The highest BCUT2D eigenvalue weighted by atomic mass is 32.2. The molecule has 1 aromatic carbocycles. The van der Waals surface area contributed by atoms with Crippen molar-refractivity contribution < 1.29 is 21.6 Å². The van der Waals surface area contributed by atoms with Gasteiger partial charge in [0.05, 0.1) is 5.69 Å². The van der Waals surface area contributed by atoms with Crippen LogP contribution in [0.4, 0.5) is 13.2 Å². The molecule has 0 atom stereocenters. The molecule has 0 aliphatic heterocycles. The average Bonchev–Trinajstić information content (AvgIpc) is 3.00. The molecule has 0 spiro atoms. The number of sulfonamides is 1. The molecule has 0 fully saturated rings. The van der Waals surface area contributed by atoms with Crippen LogP contribution in [0, 0.1) is 6.92 Å². The number of pyridine rings is 1. The number of benzene rings is 1. The maximum absolute atomic E-state index is 13.1. The third-order valence-corrected chi connectivity index (χ3v) is 4.51. The van der Waals surface area contributed by atoms with Gasteiger partial charge in [0, 0.05) is 11.8 Å². The highest BCUT2D eigenvalue weighted by Crippen LogP contribution is 2.33. The minimum absolute atomic E-state index is 0.0310. The molecule has 0 aliphatic carbocycles. The molecule has 3 aromatic rings. The van der Waals surface area contributed by atoms with Gasteiger partial charge in [0.1, 0.15) is 4.90 Å². The number of primary sulfonamides is 1. The predicted octanol–water partition coefficient (Wildman–Crippen LogP) is 2.91. The van der Waals surface area contributed by atoms with E-state index in [2.05, 4.69) is 10.1 Å². The van der Waals surface area contributed by atoms with Crippen molar-refractivity contribution in [2.45, 2.75) is 18.0 Å². The fourth-order valence-corrected chi connectivity index (χ4v) is 2.75. The van der Waals surface area contributed by atoms with Crippen LogP contribution < -0.4 is 5.14 Å². The van der Waals surface area contributed by atoms with Gasteiger partial charge in [-0.25, -0.2) is 23.2 Å². The maximum Gasteiger partial charge on any atom is 0.435 e. The number of halogens is 3. The first-order valence-corrected chi connectivity index (χ1v) is 8.84. The first kappa shape index (κ1) is 18.1. The van der Waals surface area contributed by atoms with Crippen molar-refractivity contribution in [3.63, 3.8) is 0 Å². The van der Waals surface area contributed by atoms with E-state index in [0.717, 1.165) is 28.6 Å². The van der Waals surface area contributed by atoms with Crippen LogP contribution in [0.5, 0.6) is 0 Å². The van der Waals surface area contributed by atoms with E-state index in [0.29, 0.717) is 5.56 Å². The smallest absolute Gasteiger partial charge is 0.236 e. The van der Waals surface area contributed by atoms with Gasteiger partial charge in [0.25, 0.3) is 0 Å². The molecule has 0 saturated carbocycles. The number of rotatable bonds is 3. The molecule has 0 saturated heterocycles. The van der Waals surface area contributed by atoms with Crippen molar-refractivity contribution in [2.75, 3.05) is 0 Å². The van der Waals surface area contributed by atoms with Crippen molar-refractivity contribution in [3.05, 3.63) is 59.9 Å². The summed E-state index contributed by atoms with van der Waals surface area (Å²) in [6, 6.07) is 10.2. The van der Waals surface area contributed by atoms with Crippen LogP contribution in [-0.4, -0.2) is 23.2 Å². The molecule has 0 unspecified atom stereocenters. The summed E-state index contributed by atoms with van der Waals surface area (Å²) in [6.45, 7) is 1.86. The molecule has 2 N–H and O–H groups in total. The van der Waals surface area contributed by atoms with Crippen molar-refractivity contribution in [1.29, 1.82) is 0 Å². The molecular weight excluding hydrogens is 369 g/mol. The third-order valence-electron chi connectivity index (χ3n) is 3.61. The first-order chi connectivity index (χ1) is 12.1. The molecule has 136 valence electrons. The van der Waals surface area contributed by atoms with E-state index in [4.69, 9.17) is 5.14 Å². The van der Waals surface area contributed by atoms with Gasteiger partial charge in [0.15, 0.2) is 11.5 Å². The molecule has 6 nitrogen and oxygen atoms in total. The van der Waals surface area contributed by atoms with Crippen LogP contribution in [0.25, 0.3) is 17.1 Å². The molecule has 3 rings (SSSR count). The summed E-state index contributed by atoms with van der Waals surface area (Å²) < 4.78 is 62.9. The minimum atomic E-state index is -4.63. The zero-order chi connectivity index (χ0) is 19.1. The Morgan fingerprint density at radius 1 is 1.08 bits per heavy atom. The van der Waals surface area contributed by atoms with Crippen molar-refractivity contribution >= 4 is 10.0 Å². The second-order valence-electron chi connectivity index (χ2n) is 5.59. The number of hydrogen-bond donors (Lipinski definition) is 1. The number of aryl methyl sites for hydroxylation is 1. The number of alkyl halides is 3. The largest absolute Gasteiger partial charge is 0.435 e. The lowest BCUT2D eigenvalue weighted by Crippen LogP contribution is -2.13. The topological polar surface area (TPSA) is 90.9 Å². The summed E-state index contributed by atoms with van der Waals surface area (Å²) >= 11 is 0. The summed E-state index contributed by atoms with van der Waals surface area (Å²) in [5, 5.41) is 8.59. The van der Waals surface area contributed by atoms with Crippen molar-refractivity contribution in [3.8, 4) is 17.1 Å². The molecule has 2 heterocycles. The zero-order valence-corrected chi connectivity index (χ0v) is 14.2. The second kappa shape index (κ2) is 6.22. The lowest BCUT2D eigenvalue weighted by Gasteiger charge is -2.07. The summed E-state index contributed by atoms with van der Waals surface area (Å²) in [6.07, 6.45) is -3.66. The van der Waals surface area contributed by atoms with Gasteiger partial charge in [-0.15, -0.1) is 0 Å². The molecular formula is C16H13F3N4O2S. The van der Waals surface area contributed by atoms with Crippen molar-refractivity contribution in [2.24, 2.45) is 5.14 Å². The monoisotopic (exact) mass is 382 g/mol. The molecule has 26 heavy (non-hydrogen) atoms. The van der Waals surface area contributed by atoms with E-state index in [-0.39, 0.29) is 16.4 Å². The minimum Gasteiger partial charge on any atom is -0.236 e. The standard InChI is InChI=1S/C16H13F3N4O2S/c1-10-2-4-11(5-3-10)13-8-14(16(17,18)19)22-23(13)15-7-6-12(9-21-15)26(20,24)25/h2-9H,1H3,(H2,20,24,25). The Labute approximate surface area is 147 Å². The van der Waals surface area contributed by atoms with E-state index in [9.17, 15) is 21.6 Å². The fraction of sp³-hybridized carbons (Fsp3) is 0.125. The van der Waals surface area contributed by atoms with Crippen molar-refractivity contribution in [1.82, 2.24) is 14.8 Å². The molecule has 0 bridgehead atoms. The Morgan fingerprint density at radius 2 is 1.73 bits per heavy atom. The molecule has 0 radical (unpaired) electrons. The quantitative estimate of drug-likeness (QED) is 0.754. The summed E-state index contributed by atoms with van der Waals surface area (Å²) in [5.74, 6) is 0.0310. The molecule has 0 aliphatic rings. The lowest BCUT2D eigenvalue weighted by molar-refractivity contribution is -0.141. The van der Waals surface area contributed by atoms with E-state index >= 15 is 0 Å². The SMILES string of the molecule is Cc1ccc(-c2cc(C(F)(F)F)nn2-c2ccc(S(N)(=O)=O)cn2)cc1. The normalized spacial score (nSPS) is 12.3. The van der Waals surface area contributed by atoms with Crippen LogP contribution in [0.2, 0.25) is 0 Å². The van der Waals surface area contributed by atoms with Gasteiger partial charge in [-0.1, -0.05) is 29.8 Å². The van der Waals surface area contributed by atoms with Crippen LogP contribution in [0.1, 0.15) is 11.3 Å². The Kier molecular flexibility index (Phi) is 4.32. The first-order valence-electron chi connectivity index (χ1n) is 7.29. The van der Waals surface area contributed by atoms with Crippen LogP contribution in [0.3, 0.4) is 0 Å². The summed E-state index contributed by atoms with van der Waals surface area (Å²) in [7, 11) is -3.96. The molecule has 10 heteroatoms. The van der Waals surface area contributed by atoms with E-state index in [1.54, 1.807) is 24.3 Å². The Bertz CT molecular complexity index is 1040. The Hall–Kier alpha value is -2.72. The zero-order valence-electron chi connectivity index (χ0n) is 13.4. The number of aromatic nitrogens is 3. The predicted molar refractivity (Wildman–Crippen MR) is 87.9 cm³/mol. The summed E-state index contributed by atoms with van der Waals surface area (Å²) in [5.41, 5.74) is 0.556. The number of nitrogens with two attached hydrogens (primary N) is 1. The second-order valence-corrected chi connectivity index (χ2v) is 7.15. The maximum atomic E-state index is 13.1. The molecule has 0 amide bonds. The molecule has 2 aromatic heterocycles. The van der Waals surface area contributed by atoms with Crippen LogP contribution in [0.15, 0.2) is 53.6 Å². The van der Waals surface area contributed by atoms with E-state index in [1.165, 1.54) is 6.07 Å². The van der Waals surface area contributed by atoms with Gasteiger partial charge in [-0.2, -0.15) is 18.3 Å². The van der Waals surface area contributed by atoms with Crippen LogP contribution >= 0.6 is 0 Å². The van der Waals surface area contributed by atoms with Crippen LogP contribution in [-0.2, 0) is 16.2 Å². The summed E-state index contributed by atoms with van der Waals surface area (Å²) in [4.78, 5) is 3.64. The number of hydrogen-bond acceptors (Lipinski definition) is 4. The third kappa shape index (κ3) is 3.60. The van der Waals surface area contributed by atoms with E-state index < -0.39 is 21.9 Å². The lowest BCUT2D eigenvalue weighted by atomic mass is 10.1. The van der Waals surface area contributed by atoms with Gasteiger partial charge < -0.3 is 0 Å². The fourth-order valence-electron chi connectivity index (χ4n) is 2.29. The Morgan fingerprint density at radius 3 is 2.23 bits per heavy atom. The highest BCUT2D eigenvalue weighted by Gasteiger charge is 2.35. The van der Waals surface area contributed by atoms with Gasteiger partial charge in [0.2, 0.25) is 10.0 Å². The highest BCUT2D eigenvalue weighted by molar-refractivity contribution is 7.89. The van der Waals surface area contributed by atoms with E-state index in [1.807, 2.05) is 6.92 Å². The average molecular weight is 382 g/mol. The number of nitrogens with zero attached hydrogens (tertiary/aromatic N) is 3.